The van der Waals surface area contributed by atoms with Crippen LogP contribution < -0.4 is 11.2 Å². The average Bonchev–Trinajstić information content (AvgIpc) is 3.16. The highest BCUT2D eigenvalue weighted by atomic mass is 16.7. The fourth-order valence-corrected chi connectivity index (χ4v) is 3.52. The number of fused-ring (bicyclic) bond motifs is 2. The summed E-state index contributed by atoms with van der Waals surface area (Å²) < 4.78 is 19.1. The first kappa shape index (κ1) is 17.2. The molecule has 4 rings (SSSR count). The summed E-state index contributed by atoms with van der Waals surface area (Å²) in [6.07, 6.45) is -0.430. The molecule has 2 aromatic rings. The predicted molar refractivity (Wildman–Crippen MR) is 90.8 cm³/mol. The van der Waals surface area contributed by atoms with Gasteiger partial charge in [0.05, 0.1) is 19.8 Å². The van der Waals surface area contributed by atoms with E-state index in [1.54, 1.807) is 6.92 Å². The molecule has 2 bridgehead atoms. The summed E-state index contributed by atoms with van der Waals surface area (Å²) in [4.78, 5) is 26.1. The van der Waals surface area contributed by atoms with Crippen LogP contribution in [0.5, 0.6) is 0 Å². The maximum Gasteiger partial charge on any atom is 0.330 e. The van der Waals surface area contributed by atoms with Gasteiger partial charge in [0.2, 0.25) is 0 Å². The van der Waals surface area contributed by atoms with Gasteiger partial charge in [-0.1, -0.05) is 30.3 Å². The molecule has 0 radical (unpaired) electrons. The lowest BCUT2D eigenvalue weighted by Crippen LogP contribution is -2.45. The summed E-state index contributed by atoms with van der Waals surface area (Å²) in [5, 5.41) is 9.91. The number of hydrogen-bond donors (Lipinski definition) is 2. The minimum atomic E-state index is -1.03. The molecule has 2 N–H and O–H groups in total. The van der Waals surface area contributed by atoms with Crippen molar-refractivity contribution >= 4 is 0 Å². The number of H-pyrrole nitrogens is 1. The van der Waals surface area contributed by atoms with Gasteiger partial charge in [-0.3, -0.25) is 14.3 Å². The summed E-state index contributed by atoms with van der Waals surface area (Å²) in [5.74, 6) is 0. The third-order valence-electron chi connectivity index (χ3n) is 4.93. The Balaban J connectivity index is 1.62. The Morgan fingerprint density at radius 3 is 2.85 bits per heavy atom. The van der Waals surface area contributed by atoms with Crippen molar-refractivity contribution in [3.8, 4) is 0 Å². The number of ether oxygens (including phenoxy) is 3. The molecule has 8 heteroatoms. The van der Waals surface area contributed by atoms with E-state index in [0.717, 1.165) is 5.56 Å². The molecular weight excluding hydrogens is 340 g/mol. The van der Waals surface area contributed by atoms with Gasteiger partial charge in [-0.2, -0.15) is 0 Å². The first-order valence-electron chi connectivity index (χ1n) is 8.42. The minimum Gasteiger partial charge on any atom is -0.393 e. The zero-order chi connectivity index (χ0) is 18.3. The summed E-state index contributed by atoms with van der Waals surface area (Å²) in [5.41, 5.74) is -0.690. The molecule has 0 amide bonds. The quantitative estimate of drug-likeness (QED) is 0.783. The molecule has 1 aromatic heterocycles. The number of nitrogens with zero attached hydrogens (tertiary/aromatic N) is 1. The number of aryl methyl sites for hydroxylation is 1. The molecular formula is C18H20N2O6. The number of aromatic amines is 1. The molecule has 3 heterocycles. The van der Waals surface area contributed by atoms with Crippen molar-refractivity contribution in [2.45, 2.75) is 37.6 Å². The van der Waals surface area contributed by atoms with Crippen molar-refractivity contribution in [1.82, 2.24) is 9.55 Å². The van der Waals surface area contributed by atoms with Gasteiger partial charge in [-0.15, -0.1) is 0 Å². The predicted octanol–water partition coefficient (Wildman–Crippen LogP) is 0.0891. The Bertz CT molecular complexity index is 908. The van der Waals surface area contributed by atoms with Crippen LogP contribution in [-0.2, 0) is 20.8 Å². The van der Waals surface area contributed by atoms with Gasteiger partial charge in [0.15, 0.2) is 6.23 Å². The molecule has 0 aliphatic carbocycles. The summed E-state index contributed by atoms with van der Waals surface area (Å²) >= 11 is 0. The van der Waals surface area contributed by atoms with E-state index in [1.807, 2.05) is 30.3 Å². The van der Waals surface area contributed by atoms with Crippen LogP contribution in [0.15, 0.2) is 46.1 Å². The number of aromatic nitrogens is 2. The molecule has 2 fully saturated rings. The molecule has 0 spiro atoms. The van der Waals surface area contributed by atoms with E-state index in [0.29, 0.717) is 12.2 Å². The second-order valence-electron chi connectivity index (χ2n) is 6.70. The Kier molecular flexibility index (Phi) is 4.28. The molecule has 26 heavy (non-hydrogen) atoms. The Morgan fingerprint density at radius 2 is 2.12 bits per heavy atom. The number of aliphatic hydroxyl groups excluding tert-OH is 1. The smallest absolute Gasteiger partial charge is 0.330 e. The molecule has 0 unspecified atom stereocenters. The lowest BCUT2D eigenvalue weighted by atomic mass is 10.00. The van der Waals surface area contributed by atoms with Gasteiger partial charge in [0.1, 0.15) is 17.8 Å². The zero-order valence-electron chi connectivity index (χ0n) is 14.3. The molecule has 1 aromatic carbocycles. The third kappa shape index (κ3) is 2.71. The molecule has 2 aliphatic heterocycles. The van der Waals surface area contributed by atoms with Crippen LogP contribution in [0.4, 0.5) is 0 Å². The maximum atomic E-state index is 12.2. The average molecular weight is 360 g/mol. The van der Waals surface area contributed by atoms with Gasteiger partial charge in [0.25, 0.3) is 5.56 Å². The monoisotopic (exact) mass is 360 g/mol. The first-order chi connectivity index (χ1) is 12.5. The topological polar surface area (TPSA) is 103 Å². The van der Waals surface area contributed by atoms with Crippen LogP contribution in [0.3, 0.4) is 0 Å². The van der Waals surface area contributed by atoms with E-state index in [2.05, 4.69) is 4.98 Å². The van der Waals surface area contributed by atoms with E-state index >= 15 is 0 Å². The fourth-order valence-electron chi connectivity index (χ4n) is 3.52. The Morgan fingerprint density at radius 1 is 1.35 bits per heavy atom. The van der Waals surface area contributed by atoms with E-state index in [-0.39, 0.29) is 13.2 Å². The van der Waals surface area contributed by atoms with E-state index in [1.165, 1.54) is 10.8 Å². The molecule has 4 atom stereocenters. The van der Waals surface area contributed by atoms with Crippen molar-refractivity contribution in [2.24, 2.45) is 0 Å². The standard InChI is InChI=1S/C18H20N2O6/c1-11-7-20(17(23)19-15(11)22)16-13-14(18(9-21,26-16)10-25-13)24-8-12-5-3-2-4-6-12/h2-7,13-14,16,21H,8-10H2,1H3,(H,19,22,23)/t13-,14-,16-,18+/m1/s1. The highest BCUT2D eigenvalue weighted by Crippen LogP contribution is 2.46. The van der Waals surface area contributed by atoms with Crippen molar-refractivity contribution in [2.75, 3.05) is 13.2 Å². The highest BCUT2D eigenvalue weighted by molar-refractivity contribution is 5.15. The largest absolute Gasteiger partial charge is 0.393 e. The van der Waals surface area contributed by atoms with Crippen LogP contribution >= 0.6 is 0 Å². The SMILES string of the molecule is Cc1cn([C@@H]2O[C@@]3(CO)CO[C@@H]2[C@H]3OCc2ccccc2)c(=O)[nH]c1=O. The number of benzene rings is 1. The number of aliphatic hydroxyl groups is 1. The lowest BCUT2D eigenvalue weighted by molar-refractivity contribution is -0.189. The Hall–Kier alpha value is -2.26. The third-order valence-corrected chi connectivity index (χ3v) is 4.93. The molecule has 2 saturated heterocycles. The lowest BCUT2D eigenvalue weighted by Gasteiger charge is -2.30. The number of nitrogens with one attached hydrogen (secondary N) is 1. The van der Waals surface area contributed by atoms with Gasteiger partial charge in [-0.25, -0.2) is 4.79 Å². The van der Waals surface area contributed by atoms with Crippen LogP contribution in [0.1, 0.15) is 17.4 Å². The van der Waals surface area contributed by atoms with E-state index < -0.39 is 35.3 Å². The number of rotatable bonds is 5. The van der Waals surface area contributed by atoms with Gasteiger partial charge in [-0.05, 0) is 12.5 Å². The van der Waals surface area contributed by atoms with Gasteiger partial charge < -0.3 is 19.3 Å². The highest BCUT2D eigenvalue weighted by Gasteiger charge is 2.63. The van der Waals surface area contributed by atoms with Crippen molar-refractivity contribution < 1.29 is 19.3 Å². The second kappa shape index (κ2) is 6.48. The summed E-state index contributed by atoms with van der Waals surface area (Å²) in [6.45, 7) is 1.83. The molecule has 0 saturated carbocycles. The number of hydrogen-bond acceptors (Lipinski definition) is 6. The maximum absolute atomic E-state index is 12.2. The second-order valence-corrected chi connectivity index (χ2v) is 6.70. The van der Waals surface area contributed by atoms with E-state index in [4.69, 9.17) is 14.2 Å². The minimum absolute atomic E-state index is 0.182. The zero-order valence-corrected chi connectivity index (χ0v) is 14.3. The fraction of sp³-hybridized carbons (Fsp3) is 0.444. The molecule has 138 valence electrons. The first-order valence-corrected chi connectivity index (χ1v) is 8.42. The van der Waals surface area contributed by atoms with Crippen LogP contribution in [0.25, 0.3) is 0 Å². The molecule has 2 aliphatic rings. The van der Waals surface area contributed by atoms with E-state index in [9.17, 15) is 14.7 Å². The van der Waals surface area contributed by atoms with Crippen molar-refractivity contribution in [3.05, 3.63) is 68.5 Å². The van der Waals surface area contributed by atoms with Gasteiger partial charge >= 0.3 is 5.69 Å². The van der Waals surface area contributed by atoms with Gasteiger partial charge in [0, 0.05) is 11.8 Å². The summed E-state index contributed by atoms with van der Waals surface area (Å²) in [7, 11) is 0. The van der Waals surface area contributed by atoms with Crippen molar-refractivity contribution in [3.63, 3.8) is 0 Å². The summed E-state index contributed by atoms with van der Waals surface area (Å²) in [6, 6.07) is 9.64. The van der Waals surface area contributed by atoms with Crippen molar-refractivity contribution in [1.29, 1.82) is 0 Å². The normalized spacial score (nSPS) is 30.0. The van der Waals surface area contributed by atoms with Crippen LogP contribution in [0.2, 0.25) is 0 Å². The Labute approximate surface area is 149 Å². The van der Waals surface area contributed by atoms with Crippen LogP contribution in [-0.4, -0.2) is 45.7 Å². The molecule has 8 nitrogen and oxygen atoms in total. The van der Waals surface area contributed by atoms with Crippen LogP contribution in [0, 0.1) is 6.92 Å².